The summed E-state index contributed by atoms with van der Waals surface area (Å²) in [6, 6.07) is 0. The zero-order valence-corrected chi connectivity index (χ0v) is 24.9. The second kappa shape index (κ2) is 16.1. The molecule has 2 rings (SSSR count). The number of hydrogen-bond acceptors (Lipinski definition) is 9. The minimum atomic E-state index is -1.02. The number of nitrogens with one attached hydrogen (secondary N) is 2. The minimum Gasteiger partial charge on any atom is -0.439 e. The Morgan fingerprint density at radius 1 is 1.19 bits per heavy atom. The quantitative estimate of drug-likeness (QED) is 0.268. The number of allylic oxidation sites excluding steroid dienone is 4. The Morgan fingerprint density at radius 3 is 2.48 bits per heavy atom. The Balaban J connectivity index is 2.61. The summed E-state index contributed by atoms with van der Waals surface area (Å²) < 4.78 is 29.4. The fourth-order valence-electron chi connectivity index (χ4n) is 4.95. The first-order chi connectivity index (χ1) is 19.8. The molecule has 1 aliphatic carbocycles. The second-order valence-electron chi connectivity index (χ2n) is 10.5. The zero-order valence-electron chi connectivity index (χ0n) is 24.9. The van der Waals surface area contributed by atoms with Gasteiger partial charge in [0.25, 0.3) is 5.91 Å². The lowest BCUT2D eigenvalue weighted by Gasteiger charge is -2.30. The molecular weight excluding hydrogens is 549 g/mol. The van der Waals surface area contributed by atoms with Gasteiger partial charge < -0.3 is 35.7 Å². The highest BCUT2D eigenvalue weighted by molar-refractivity contribution is 6.23. The maximum Gasteiger partial charge on any atom is 0.405 e. The Bertz CT molecular complexity index is 1190. The van der Waals surface area contributed by atoms with Gasteiger partial charge in [-0.2, -0.15) is 0 Å². The molecule has 42 heavy (non-hydrogen) atoms. The number of alkyl halides is 1. The van der Waals surface area contributed by atoms with E-state index in [2.05, 4.69) is 10.6 Å². The number of primary amides is 1. The highest BCUT2D eigenvalue weighted by Crippen LogP contribution is 2.28. The molecule has 0 unspecified atom stereocenters. The summed E-state index contributed by atoms with van der Waals surface area (Å²) in [5.41, 5.74) is 5.99. The number of aliphatic hydroxyl groups excluding tert-OH is 1. The van der Waals surface area contributed by atoms with E-state index in [0.29, 0.717) is 12.0 Å². The first kappa shape index (κ1) is 34.6. The highest BCUT2D eigenvalue weighted by Gasteiger charge is 2.33. The van der Waals surface area contributed by atoms with E-state index in [1.165, 1.54) is 33.3 Å². The third-order valence-electron chi connectivity index (χ3n) is 7.19. The summed E-state index contributed by atoms with van der Waals surface area (Å²) >= 11 is 0. The van der Waals surface area contributed by atoms with Crippen molar-refractivity contribution < 1.29 is 42.9 Å². The van der Waals surface area contributed by atoms with Gasteiger partial charge in [0.2, 0.25) is 11.6 Å². The largest absolute Gasteiger partial charge is 0.439 e. The van der Waals surface area contributed by atoms with Crippen LogP contribution in [0.5, 0.6) is 0 Å². The van der Waals surface area contributed by atoms with Crippen LogP contribution in [-0.2, 0) is 28.6 Å². The summed E-state index contributed by atoms with van der Waals surface area (Å²) in [6.45, 7) is 5.92. The average molecular weight is 592 g/mol. The van der Waals surface area contributed by atoms with Crippen molar-refractivity contribution in [2.45, 2.75) is 65.0 Å². The highest BCUT2D eigenvalue weighted by atomic mass is 19.1. The number of hydrogen-bond donors (Lipinski definition) is 4. The molecule has 0 aromatic carbocycles. The van der Waals surface area contributed by atoms with Gasteiger partial charge in [-0.15, -0.1) is 0 Å². The minimum absolute atomic E-state index is 0.0175. The van der Waals surface area contributed by atoms with Crippen LogP contribution in [0, 0.1) is 11.8 Å². The normalized spacial score (nSPS) is 31.7. The number of fused-ring (bicyclic) bond motifs is 2. The topological polar surface area (TPSA) is 166 Å². The maximum atomic E-state index is 13.5. The molecule has 5 N–H and O–H groups in total. The first-order valence-corrected chi connectivity index (χ1v) is 13.7. The van der Waals surface area contributed by atoms with Gasteiger partial charge in [0, 0.05) is 43.9 Å². The molecule has 0 aromatic heterocycles. The molecule has 1 aliphatic heterocycles. The molecule has 1 heterocycles. The molecule has 11 nitrogen and oxygen atoms in total. The standard InChI is InChI=1S/C30H42FN3O8/c1-16-12-20-25(33-11-10-31)22(35)15-21(27(20)37)34-29(38)17(2)8-7-9-23(40-5)28(42-30(32)39)19(4)14-18(3)26(36)24(13-16)41-6/h7-9,14-16,18,23-24,26,28,33,36H,10-13H2,1-6H3,(H2,32,39)(H,34,38)/b9-7-,17-8+,19-14+/t16-,18+,23+,24+,26+,28+/m1/s1. The molecule has 2 amide bonds. The number of carbonyl (C=O) groups is 4. The van der Waals surface area contributed by atoms with Crippen molar-refractivity contribution in [1.29, 1.82) is 0 Å². The molecule has 0 aromatic rings. The molecule has 0 fully saturated rings. The third kappa shape index (κ3) is 9.20. The molecule has 0 spiro atoms. The second-order valence-corrected chi connectivity index (χ2v) is 10.5. The van der Waals surface area contributed by atoms with Crippen LogP contribution < -0.4 is 16.4 Å². The smallest absolute Gasteiger partial charge is 0.405 e. The van der Waals surface area contributed by atoms with E-state index in [1.807, 2.05) is 6.92 Å². The van der Waals surface area contributed by atoms with Gasteiger partial charge in [-0.1, -0.05) is 38.2 Å². The van der Waals surface area contributed by atoms with Crippen molar-refractivity contribution in [2.24, 2.45) is 17.6 Å². The van der Waals surface area contributed by atoms with E-state index in [9.17, 15) is 28.7 Å². The van der Waals surface area contributed by atoms with Gasteiger partial charge in [-0.3, -0.25) is 14.4 Å². The SMILES string of the molecule is CO[C@H]1/C=C\C=C(/C)C(=O)NC2=CC(=O)C(NCCF)=C(C[C@@H](C)C[C@H](OC)[C@@H](O)[C@@H](C)/C=C(\C)[C@@H]1OC(N)=O)C2=O. The zero-order chi connectivity index (χ0) is 31.6. The van der Waals surface area contributed by atoms with Crippen molar-refractivity contribution in [3.05, 3.63) is 58.5 Å². The van der Waals surface area contributed by atoms with E-state index in [0.717, 1.165) is 6.08 Å². The number of methoxy groups -OCH3 is 2. The van der Waals surface area contributed by atoms with Crippen molar-refractivity contribution in [3.8, 4) is 0 Å². The van der Waals surface area contributed by atoms with Gasteiger partial charge in [0.15, 0.2) is 6.10 Å². The van der Waals surface area contributed by atoms with E-state index >= 15 is 0 Å². The number of ether oxygens (including phenoxy) is 3. The van der Waals surface area contributed by atoms with Crippen molar-refractivity contribution >= 4 is 23.6 Å². The Hall–Kier alpha value is -3.61. The van der Waals surface area contributed by atoms with Crippen LogP contribution in [-0.4, -0.2) is 80.5 Å². The fraction of sp³-hybridized carbons (Fsp3) is 0.533. The molecule has 2 aliphatic rings. The van der Waals surface area contributed by atoms with Crippen molar-refractivity contribution in [2.75, 3.05) is 27.4 Å². The molecule has 232 valence electrons. The third-order valence-corrected chi connectivity index (χ3v) is 7.19. The van der Waals surface area contributed by atoms with Gasteiger partial charge >= 0.3 is 6.09 Å². The molecule has 0 radical (unpaired) electrons. The number of Topliss-reactive ketones (excluding diaryl/α,β-unsaturated/α-hetero) is 1. The van der Waals surface area contributed by atoms with Crippen LogP contribution in [0.4, 0.5) is 9.18 Å². The predicted octanol–water partition coefficient (Wildman–Crippen LogP) is 2.32. The molecule has 2 bridgehead atoms. The van der Waals surface area contributed by atoms with Crippen LogP contribution >= 0.6 is 0 Å². The lowest BCUT2D eigenvalue weighted by atomic mass is 9.85. The summed E-state index contributed by atoms with van der Waals surface area (Å²) in [4.78, 5) is 51.1. The van der Waals surface area contributed by atoms with E-state index in [1.54, 1.807) is 26.0 Å². The van der Waals surface area contributed by atoms with E-state index < -0.39 is 60.6 Å². The monoisotopic (exact) mass is 591 g/mol. The van der Waals surface area contributed by atoms with Gasteiger partial charge in [-0.25, -0.2) is 9.18 Å². The van der Waals surface area contributed by atoms with E-state index in [4.69, 9.17) is 19.9 Å². The van der Waals surface area contributed by atoms with Crippen LogP contribution in [0.15, 0.2) is 58.5 Å². The fourth-order valence-corrected chi connectivity index (χ4v) is 4.95. The summed E-state index contributed by atoms with van der Waals surface area (Å²) in [5, 5.41) is 16.4. The van der Waals surface area contributed by atoms with Gasteiger partial charge in [0.1, 0.15) is 12.8 Å². The number of rotatable bonds is 6. The van der Waals surface area contributed by atoms with Crippen LogP contribution in [0.25, 0.3) is 0 Å². The number of carbonyl (C=O) groups excluding carboxylic acids is 4. The van der Waals surface area contributed by atoms with E-state index in [-0.39, 0.29) is 41.4 Å². The molecule has 0 saturated carbocycles. The van der Waals surface area contributed by atoms with Crippen molar-refractivity contribution in [1.82, 2.24) is 10.6 Å². The van der Waals surface area contributed by atoms with Crippen LogP contribution in [0.3, 0.4) is 0 Å². The van der Waals surface area contributed by atoms with Gasteiger partial charge in [-0.05, 0) is 38.2 Å². The Kier molecular flexibility index (Phi) is 13.3. The summed E-state index contributed by atoms with van der Waals surface area (Å²) in [5.74, 6) is -2.49. The van der Waals surface area contributed by atoms with Crippen LogP contribution in [0.2, 0.25) is 0 Å². The Labute approximate surface area is 245 Å². The molecule has 6 atom stereocenters. The maximum absolute atomic E-state index is 13.5. The van der Waals surface area contributed by atoms with Gasteiger partial charge in [0.05, 0.1) is 23.6 Å². The number of aliphatic hydroxyl groups is 1. The lowest BCUT2D eigenvalue weighted by molar-refractivity contribution is -0.120. The summed E-state index contributed by atoms with van der Waals surface area (Å²) in [6.07, 6.45) is 3.29. The average Bonchev–Trinajstić information content (AvgIpc) is 2.94. The summed E-state index contributed by atoms with van der Waals surface area (Å²) in [7, 11) is 2.87. The lowest BCUT2D eigenvalue weighted by Crippen LogP contribution is -2.38. The molecular formula is C30H42FN3O8. The first-order valence-electron chi connectivity index (χ1n) is 13.7. The number of nitrogens with two attached hydrogens (primary N) is 1. The van der Waals surface area contributed by atoms with Crippen LogP contribution in [0.1, 0.15) is 40.5 Å². The molecule has 12 heteroatoms. The molecule has 0 saturated heterocycles. The number of halogens is 1. The number of amides is 2. The Morgan fingerprint density at radius 2 is 1.88 bits per heavy atom. The number of ketones is 2. The predicted molar refractivity (Wildman–Crippen MR) is 154 cm³/mol. The van der Waals surface area contributed by atoms with Crippen molar-refractivity contribution in [3.63, 3.8) is 0 Å².